The Balaban J connectivity index is 1.36. The number of ether oxygens (including phenoxy) is 1. The van der Waals surface area contributed by atoms with Crippen LogP contribution in [0, 0.1) is 17.8 Å². The molecule has 1 N–H and O–H groups in total. The summed E-state index contributed by atoms with van der Waals surface area (Å²) >= 11 is 4.68. The van der Waals surface area contributed by atoms with Crippen molar-refractivity contribution in [3.05, 3.63) is 39.3 Å². The third-order valence-corrected chi connectivity index (χ3v) is 7.96. The topological polar surface area (TPSA) is 51.2 Å². The summed E-state index contributed by atoms with van der Waals surface area (Å²) in [6.07, 6.45) is 7.70. The molecular weight excluding hydrogens is 462 g/mol. The molecule has 154 valence electrons. The number of nitrogens with one attached hydrogen (secondary N) is 1. The van der Waals surface area contributed by atoms with Crippen LogP contribution >= 0.6 is 27.3 Å². The van der Waals surface area contributed by atoms with Crippen LogP contribution in [0.5, 0.6) is 5.75 Å². The molecule has 4 aliphatic carbocycles. The first-order valence-electron chi connectivity index (χ1n) is 9.92. The van der Waals surface area contributed by atoms with Gasteiger partial charge in [-0.25, -0.2) is 4.98 Å². The first-order chi connectivity index (χ1) is 13.9. The van der Waals surface area contributed by atoms with Crippen LogP contribution < -0.4 is 10.1 Å². The number of benzene rings is 1. The van der Waals surface area contributed by atoms with E-state index in [9.17, 15) is 13.6 Å². The van der Waals surface area contributed by atoms with Crippen LogP contribution in [0.2, 0.25) is 0 Å². The minimum Gasteiger partial charge on any atom is -0.434 e. The Morgan fingerprint density at radius 3 is 2.48 bits per heavy atom. The Morgan fingerprint density at radius 1 is 1.21 bits per heavy atom. The van der Waals surface area contributed by atoms with Gasteiger partial charge in [-0.1, -0.05) is 15.9 Å². The molecule has 2 aromatic rings. The van der Waals surface area contributed by atoms with Crippen LogP contribution in [-0.4, -0.2) is 17.5 Å². The van der Waals surface area contributed by atoms with Crippen LogP contribution in [0.15, 0.2) is 28.1 Å². The molecule has 4 aliphatic rings. The number of alkyl halides is 2. The van der Waals surface area contributed by atoms with Gasteiger partial charge in [-0.15, -0.1) is 11.3 Å². The highest BCUT2D eigenvalue weighted by molar-refractivity contribution is 9.10. The second-order valence-electron chi connectivity index (χ2n) is 8.71. The van der Waals surface area contributed by atoms with Gasteiger partial charge in [0.05, 0.1) is 11.3 Å². The average molecular weight is 483 g/mol. The van der Waals surface area contributed by atoms with Gasteiger partial charge in [0, 0.05) is 15.3 Å². The average Bonchev–Trinajstić information content (AvgIpc) is 3.11. The summed E-state index contributed by atoms with van der Waals surface area (Å²) in [5.74, 6) is 1.79. The van der Waals surface area contributed by atoms with E-state index in [1.54, 1.807) is 6.07 Å². The minimum absolute atomic E-state index is 0.0474. The molecule has 0 spiro atoms. The number of hydrogen-bond donors (Lipinski definition) is 1. The summed E-state index contributed by atoms with van der Waals surface area (Å²) in [6.45, 7) is -3.00. The van der Waals surface area contributed by atoms with Gasteiger partial charge < -0.3 is 4.74 Å². The molecule has 1 heterocycles. The monoisotopic (exact) mass is 482 g/mol. The van der Waals surface area contributed by atoms with E-state index < -0.39 is 12.5 Å². The lowest BCUT2D eigenvalue weighted by atomic mass is 9.49. The molecule has 4 bridgehead atoms. The molecule has 0 unspecified atom stereocenters. The maximum Gasteiger partial charge on any atom is 0.387 e. The first-order valence-corrected chi connectivity index (χ1v) is 11.6. The number of hydrogen-bond acceptors (Lipinski definition) is 4. The van der Waals surface area contributed by atoms with Crippen molar-refractivity contribution in [3.63, 3.8) is 0 Å². The molecule has 0 aliphatic heterocycles. The van der Waals surface area contributed by atoms with E-state index in [1.807, 2.05) is 0 Å². The first kappa shape index (κ1) is 19.4. The van der Waals surface area contributed by atoms with E-state index in [2.05, 4.69) is 31.4 Å². The van der Waals surface area contributed by atoms with E-state index in [-0.39, 0.29) is 16.7 Å². The molecule has 4 fully saturated rings. The fourth-order valence-electron chi connectivity index (χ4n) is 6.04. The lowest BCUT2D eigenvalue weighted by Gasteiger charge is -2.56. The summed E-state index contributed by atoms with van der Waals surface area (Å²) in [5.41, 5.74) is 1.30. The standard InChI is InChI=1S/C21H21BrF2N2O2S/c22-14-1-2-16(28-19(23)24)15(6-14)18(27)26-20-25-17(10-29-20)21-7-11-3-12(8-21)5-13(4-11)9-21/h1-2,6,10-13,19H,3-5,7-9H2,(H,25,26,27). The van der Waals surface area contributed by atoms with Crippen LogP contribution in [0.25, 0.3) is 0 Å². The normalized spacial score (nSPS) is 30.0. The fraction of sp³-hybridized carbons (Fsp3) is 0.524. The summed E-state index contributed by atoms with van der Waals surface area (Å²) in [6, 6.07) is 4.39. The van der Waals surface area contributed by atoms with Gasteiger partial charge in [-0.2, -0.15) is 8.78 Å². The highest BCUT2D eigenvalue weighted by Crippen LogP contribution is 2.60. The number of carbonyl (C=O) groups excluding carboxylic acids is 1. The van der Waals surface area contributed by atoms with Gasteiger partial charge in [0.2, 0.25) is 0 Å². The molecule has 6 rings (SSSR count). The third kappa shape index (κ3) is 3.69. The van der Waals surface area contributed by atoms with Crippen LogP contribution in [-0.2, 0) is 5.41 Å². The van der Waals surface area contributed by atoms with Crippen molar-refractivity contribution in [3.8, 4) is 5.75 Å². The smallest absolute Gasteiger partial charge is 0.387 e. The lowest BCUT2D eigenvalue weighted by molar-refractivity contribution is -0.0501. The summed E-state index contributed by atoms with van der Waals surface area (Å²) < 4.78 is 30.5. The predicted molar refractivity (Wildman–Crippen MR) is 111 cm³/mol. The van der Waals surface area contributed by atoms with E-state index in [0.717, 1.165) is 23.4 Å². The van der Waals surface area contributed by atoms with Crippen molar-refractivity contribution in [1.82, 2.24) is 4.98 Å². The molecule has 4 saturated carbocycles. The SMILES string of the molecule is O=C(Nc1nc(C23CC4CC(CC(C4)C2)C3)cs1)c1cc(Br)ccc1OC(F)F. The number of nitrogens with zero attached hydrogens (tertiary/aromatic N) is 1. The maximum atomic E-state index is 12.7. The summed E-state index contributed by atoms with van der Waals surface area (Å²) in [5, 5.41) is 5.35. The second-order valence-corrected chi connectivity index (χ2v) is 10.5. The van der Waals surface area contributed by atoms with E-state index in [0.29, 0.717) is 9.60 Å². The third-order valence-electron chi connectivity index (χ3n) is 6.71. The van der Waals surface area contributed by atoms with Crippen molar-refractivity contribution in [1.29, 1.82) is 0 Å². The zero-order chi connectivity index (χ0) is 20.2. The number of thiazole rings is 1. The van der Waals surface area contributed by atoms with E-state index >= 15 is 0 Å². The maximum absolute atomic E-state index is 12.7. The van der Waals surface area contributed by atoms with Gasteiger partial charge in [0.25, 0.3) is 5.91 Å². The summed E-state index contributed by atoms with van der Waals surface area (Å²) in [7, 11) is 0. The van der Waals surface area contributed by atoms with Gasteiger partial charge in [-0.05, 0) is 74.5 Å². The highest BCUT2D eigenvalue weighted by atomic mass is 79.9. The van der Waals surface area contributed by atoms with Gasteiger partial charge in [0.1, 0.15) is 5.75 Å². The molecule has 1 amide bonds. The molecule has 0 radical (unpaired) electrons. The molecule has 29 heavy (non-hydrogen) atoms. The Hall–Kier alpha value is -1.54. The lowest BCUT2D eigenvalue weighted by Crippen LogP contribution is -2.48. The number of rotatable bonds is 5. The zero-order valence-corrected chi connectivity index (χ0v) is 18.1. The molecule has 8 heteroatoms. The number of aromatic nitrogens is 1. The Morgan fingerprint density at radius 2 is 1.86 bits per heavy atom. The van der Waals surface area contributed by atoms with Gasteiger partial charge in [0.15, 0.2) is 5.13 Å². The van der Waals surface area contributed by atoms with Gasteiger partial charge in [-0.3, -0.25) is 10.1 Å². The summed E-state index contributed by atoms with van der Waals surface area (Å²) in [4.78, 5) is 17.5. The Labute approximate surface area is 180 Å². The number of halogens is 3. The van der Waals surface area contributed by atoms with Gasteiger partial charge >= 0.3 is 6.61 Å². The Bertz CT molecular complexity index is 913. The van der Waals surface area contributed by atoms with Crippen molar-refractivity contribution in [2.24, 2.45) is 17.8 Å². The number of carbonyl (C=O) groups is 1. The molecule has 0 saturated heterocycles. The van der Waals surface area contributed by atoms with Crippen molar-refractivity contribution >= 4 is 38.3 Å². The molecular formula is C21H21BrF2N2O2S. The van der Waals surface area contributed by atoms with Crippen molar-refractivity contribution in [2.45, 2.75) is 50.6 Å². The zero-order valence-electron chi connectivity index (χ0n) is 15.7. The van der Waals surface area contributed by atoms with E-state index in [4.69, 9.17) is 4.98 Å². The Kier molecular flexibility index (Phi) is 4.89. The van der Waals surface area contributed by atoms with Crippen LogP contribution in [0.4, 0.5) is 13.9 Å². The number of amides is 1. The second kappa shape index (κ2) is 7.30. The van der Waals surface area contributed by atoms with E-state index in [1.165, 1.54) is 62.0 Å². The highest BCUT2D eigenvalue weighted by Gasteiger charge is 2.52. The molecule has 1 aromatic heterocycles. The van der Waals surface area contributed by atoms with Crippen molar-refractivity contribution in [2.75, 3.05) is 5.32 Å². The predicted octanol–water partition coefficient (Wildman–Crippen LogP) is 6.23. The van der Waals surface area contributed by atoms with Crippen molar-refractivity contribution < 1.29 is 18.3 Å². The molecule has 1 aromatic carbocycles. The molecule has 0 atom stereocenters. The fourth-order valence-corrected chi connectivity index (χ4v) is 7.23. The largest absolute Gasteiger partial charge is 0.434 e. The van der Waals surface area contributed by atoms with Crippen LogP contribution in [0.1, 0.15) is 54.6 Å². The minimum atomic E-state index is -3.00. The molecule has 4 nitrogen and oxygen atoms in total. The van der Waals surface area contributed by atoms with Crippen LogP contribution in [0.3, 0.4) is 0 Å². The number of anilines is 1. The quantitative estimate of drug-likeness (QED) is 0.549.